The van der Waals surface area contributed by atoms with Crippen LogP contribution in [0.25, 0.3) is 0 Å². The molecule has 2 N–H and O–H groups in total. The minimum absolute atomic E-state index is 0.219. The van der Waals surface area contributed by atoms with E-state index in [1.807, 2.05) is 19.3 Å². The zero-order chi connectivity index (χ0) is 12.3. The van der Waals surface area contributed by atoms with Gasteiger partial charge in [0.1, 0.15) is 5.82 Å². The van der Waals surface area contributed by atoms with Crippen molar-refractivity contribution in [1.29, 1.82) is 0 Å². The quantitative estimate of drug-likeness (QED) is 0.829. The van der Waals surface area contributed by atoms with E-state index in [9.17, 15) is 5.11 Å². The molecule has 1 fully saturated rings. The Labute approximate surface area is 103 Å². The zero-order valence-electron chi connectivity index (χ0n) is 10.6. The highest BCUT2D eigenvalue weighted by Gasteiger charge is 2.22. The lowest BCUT2D eigenvalue weighted by molar-refractivity contribution is 0.153. The normalized spacial score (nSPS) is 22.5. The molecule has 2 heterocycles. The van der Waals surface area contributed by atoms with Crippen molar-refractivity contribution >= 4 is 5.82 Å². The molecule has 1 aromatic heterocycles. The predicted molar refractivity (Wildman–Crippen MR) is 69.2 cm³/mol. The maximum Gasteiger partial charge on any atom is 0.133 e. The fourth-order valence-electron chi connectivity index (χ4n) is 2.31. The highest BCUT2D eigenvalue weighted by atomic mass is 16.3. The summed E-state index contributed by atoms with van der Waals surface area (Å²) in [7, 11) is 1.95. The van der Waals surface area contributed by atoms with Gasteiger partial charge in [0, 0.05) is 30.9 Å². The van der Waals surface area contributed by atoms with Crippen LogP contribution in [0.1, 0.15) is 31.4 Å². The first-order valence-electron chi connectivity index (χ1n) is 6.27. The van der Waals surface area contributed by atoms with Crippen LogP contribution >= 0.6 is 0 Å². The number of rotatable bonds is 3. The minimum Gasteiger partial charge on any atom is -0.391 e. The number of piperidine rings is 1. The molecule has 17 heavy (non-hydrogen) atoms. The number of anilines is 1. The fourth-order valence-corrected chi connectivity index (χ4v) is 2.31. The molecule has 4 heteroatoms. The average molecular weight is 235 g/mol. The number of hydrogen-bond donors (Lipinski definition) is 2. The highest BCUT2D eigenvalue weighted by Crippen LogP contribution is 2.26. The summed E-state index contributed by atoms with van der Waals surface area (Å²) in [5.74, 6) is 1.01. The van der Waals surface area contributed by atoms with Gasteiger partial charge in [-0.25, -0.2) is 4.98 Å². The Balaban J connectivity index is 2.24. The van der Waals surface area contributed by atoms with E-state index >= 15 is 0 Å². The maximum absolute atomic E-state index is 9.74. The van der Waals surface area contributed by atoms with E-state index in [2.05, 4.69) is 28.2 Å². The lowest BCUT2D eigenvalue weighted by Crippen LogP contribution is -2.39. The fraction of sp³-hybridized carbons (Fsp3) is 0.615. The summed E-state index contributed by atoms with van der Waals surface area (Å²) in [6, 6.07) is 4.34. The van der Waals surface area contributed by atoms with Gasteiger partial charge in [0.05, 0.1) is 6.10 Å². The lowest BCUT2D eigenvalue weighted by Gasteiger charge is -2.33. The van der Waals surface area contributed by atoms with Gasteiger partial charge in [-0.2, -0.15) is 0 Å². The molecular formula is C13H21N3O. The topological polar surface area (TPSA) is 48.4 Å². The largest absolute Gasteiger partial charge is 0.391 e. The van der Waals surface area contributed by atoms with Gasteiger partial charge >= 0.3 is 0 Å². The highest BCUT2D eigenvalue weighted by molar-refractivity contribution is 5.48. The second-order valence-electron chi connectivity index (χ2n) is 4.67. The van der Waals surface area contributed by atoms with Crippen molar-refractivity contribution in [3.63, 3.8) is 0 Å². The minimum atomic E-state index is -0.219. The van der Waals surface area contributed by atoms with Crippen LogP contribution in [-0.2, 0) is 0 Å². The molecule has 0 aromatic carbocycles. The lowest BCUT2D eigenvalue weighted by atomic mass is 10.1. The van der Waals surface area contributed by atoms with Crippen LogP contribution in [0.3, 0.4) is 0 Å². The Morgan fingerprint density at radius 3 is 3.12 bits per heavy atom. The molecular weight excluding hydrogens is 214 g/mol. The van der Waals surface area contributed by atoms with Crippen LogP contribution in [-0.4, -0.2) is 36.3 Å². The molecule has 4 nitrogen and oxygen atoms in total. The first kappa shape index (κ1) is 12.3. The third kappa shape index (κ3) is 2.76. The number of aliphatic hydroxyl groups excluding tert-OH is 1. The van der Waals surface area contributed by atoms with Crippen molar-refractivity contribution in [3.05, 3.63) is 23.9 Å². The Morgan fingerprint density at radius 2 is 2.41 bits per heavy atom. The number of aliphatic hydroxyl groups is 1. The first-order chi connectivity index (χ1) is 8.22. The number of aromatic nitrogens is 1. The number of nitrogens with one attached hydrogen (secondary N) is 1. The molecule has 0 radical (unpaired) electrons. The van der Waals surface area contributed by atoms with E-state index in [-0.39, 0.29) is 12.1 Å². The van der Waals surface area contributed by atoms with E-state index in [1.54, 1.807) is 0 Å². The van der Waals surface area contributed by atoms with Crippen LogP contribution in [0.5, 0.6) is 0 Å². The Kier molecular flexibility index (Phi) is 3.97. The Bertz CT molecular complexity index is 369. The summed E-state index contributed by atoms with van der Waals surface area (Å²) in [5, 5.41) is 13.0. The monoisotopic (exact) mass is 235 g/mol. The molecule has 2 rings (SSSR count). The van der Waals surface area contributed by atoms with Crippen molar-refractivity contribution in [2.75, 3.05) is 25.0 Å². The van der Waals surface area contributed by atoms with Gasteiger partial charge in [-0.05, 0) is 32.9 Å². The van der Waals surface area contributed by atoms with E-state index in [0.717, 1.165) is 25.2 Å². The summed E-state index contributed by atoms with van der Waals surface area (Å²) >= 11 is 0. The zero-order valence-corrected chi connectivity index (χ0v) is 10.6. The Hall–Kier alpha value is -1.13. The second-order valence-corrected chi connectivity index (χ2v) is 4.67. The van der Waals surface area contributed by atoms with Crippen molar-refractivity contribution in [2.45, 2.75) is 31.9 Å². The first-order valence-corrected chi connectivity index (χ1v) is 6.27. The van der Waals surface area contributed by atoms with Gasteiger partial charge in [0.2, 0.25) is 0 Å². The molecule has 1 aliphatic heterocycles. The number of nitrogens with zero attached hydrogens (tertiary/aromatic N) is 2. The van der Waals surface area contributed by atoms with Crippen molar-refractivity contribution < 1.29 is 5.11 Å². The third-order valence-corrected chi connectivity index (χ3v) is 3.41. The molecule has 2 atom stereocenters. The summed E-state index contributed by atoms with van der Waals surface area (Å²) in [5.41, 5.74) is 1.20. The van der Waals surface area contributed by atoms with Crippen LogP contribution in [0, 0.1) is 0 Å². The average Bonchev–Trinajstić information content (AvgIpc) is 2.38. The molecule has 1 aliphatic rings. The van der Waals surface area contributed by atoms with Crippen molar-refractivity contribution in [3.8, 4) is 0 Å². The van der Waals surface area contributed by atoms with Gasteiger partial charge in [-0.3, -0.25) is 0 Å². The van der Waals surface area contributed by atoms with E-state index in [0.29, 0.717) is 6.54 Å². The Morgan fingerprint density at radius 1 is 1.59 bits per heavy atom. The SMILES string of the molecule is CNC(C)c1cccnc1N1CCCC(O)C1. The number of hydrogen-bond acceptors (Lipinski definition) is 4. The van der Waals surface area contributed by atoms with Gasteiger partial charge < -0.3 is 15.3 Å². The summed E-state index contributed by atoms with van der Waals surface area (Å²) in [6.45, 7) is 3.80. The molecule has 0 amide bonds. The van der Waals surface area contributed by atoms with Crippen LogP contribution in [0.2, 0.25) is 0 Å². The molecule has 94 valence electrons. The van der Waals surface area contributed by atoms with Gasteiger partial charge in [-0.15, -0.1) is 0 Å². The van der Waals surface area contributed by atoms with Crippen molar-refractivity contribution in [1.82, 2.24) is 10.3 Å². The summed E-state index contributed by atoms with van der Waals surface area (Å²) in [6.07, 6.45) is 3.54. The smallest absolute Gasteiger partial charge is 0.133 e. The number of β-amino-alcohol motifs (C(OH)–C–C–N with tert-alkyl or cyclic N) is 1. The third-order valence-electron chi connectivity index (χ3n) is 3.41. The van der Waals surface area contributed by atoms with E-state index in [1.165, 1.54) is 5.56 Å². The van der Waals surface area contributed by atoms with Crippen LogP contribution in [0.4, 0.5) is 5.82 Å². The second kappa shape index (κ2) is 5.47. The van der Waals surface area contributed by atoms with Gasteiger partial charge in [-0.1, -0.05) is 6.07 Å². The van der Waals surface area contributed by atoms with Crippen molar-refractivity contribution in [2.24, 2.45) is 0 Å². The molecule has 0 aliphatic carbocycles. The molecule has 0 bridgehead atoms. The van der Waals surface area contributed by atoms with Crippen LogP contribution in [0.15, 0.2) is 18.3 Å². The maximum atomic E-state index is 9.74. The number of pyridine rings is 1. The summed E-state index contributed by atoms with van der Waals surface area (Å²) in [4.78, 5) is 6.67. The van der Waals surface area contributed by atoms with Gasteiger partial charge in [0.25, 0.3) is 0 Å². The molecule has 1 saturated heterocycles. The molecule has 2 unspecified atom stereocenters. The van der Waals surface area contributed by atoms with E-state index < -0.39 is 0 Å². The molecule has 1 aromatic rings. The molecule has 0 spiro atoms. The standard InChI is InChI=1S/C13H21N3O/c1-10(14-2)12-6-3-7-15-13(12)16-8-4-5-11(17)9-16/h3,6-7,10-11,14,17H,4-5,8-9H2,1-2H3. The van der Waals surface area contributed by atoms with E-state index in [4.69, 9.17) is 0 Å². The molecule has 0 saturated carbocycles. The summed E-state index contributed by atoms with van der Waals surface area (Å²) < 4.78 is 0. The predicted octanol–water partition coefficient (Wildman–Crippen LogP) is 1.32. The van der Waals surface area contributed by atoms with Gasteiger partial charge in [0.15, 0.2) is 0 Å². The van der Waals surface area contributed by atoms with Crippen LogP contribution < -0.4 is 10.2 Å².